The van der Waals surface area contributed by atoms with E-state index in [1.54, 1.807) is 0 Å². The second-order valence-corrected chi connectivity index (χ2v) is 6.17. The second-order valence-electron chi connectivity index (χ2n) is 6.17. The van der Waals surface area contributed by atoms with E-state index in [0.717, 1.165) is 30.7 Å². The van der Waals surface area contributed by atoms with Crippen molar-refractivity contribution in [1.82, 2.24) is 20.3 Å². The molecule has 0 aliphatic heterocycles. The number of carbonyl (C=O) groups excluding carboxylic acids is 1. The molecule has 3 aromatic rings. The number of hydrogen-bond donors (Lipinski definition) is 1. The zero-order valence-corrected chi connectivity index (χ0v) is 15.2. The summed E-state index contributed by atoms with van der Waals surface area (Å²) in [7, 11) is 0. The molecule has 1 amide bonds. The number of nitrogens with zero attached hydrogens (tertiary/aromatic N) is 3. The minimum atomic E-state index is -5.01. The Labute approximate surface area is 170 Å². The van der Waals surface area contributed by atoms with Crippen LogP contribution in [0.3, 0.4) is 0 Å². The van der Waals surface area contributed by atoms with Crippen molar-refractivity contribution in [2.24, 2.45) is 0 Å². The summed E-state index contributed by atoms with van der Waals surface area (Å²) in [4.78, 5) is 23.5. The molecule has 0 saturated carbocycles. The Balaban J connectivity index is 2.12. The van der Waals surface area contributed by atoms with E-state index < -0.39 is 46.9 Å². The van der Waals surface area contributed by atoms with Crippen molar-refractivity contribution < 1.29 is 35.5 Å². The van der Waals surface area contributed by atoms with E-state index in [4.69, 9.17) is 0 Å². The lowest BCUT2D eigenvalue weighted by molar-refractivity contribution is -0.140. The maximum atomic E-state index is 14.1. The van der Waals surface area contributed by atoms with Crippen LogP contribution in [0.15, 0.2) is 55.1 Å². The fourth-order valence-electron chi connectivity index (χ4n) is 2.76. The lowest BCUT2D eigenvalue weighted by Gasteiger charge is -2.22. The van der Waals surface area contributed by atoms with Gasteiger partial charge in [0.25, 0.3) is 5.91 Å². The van der Waals surface area contributed by atoms with Gasteiger partial charge in [0, 0.05) is 18.6 Å². The maximum Gasteiger partial charge on any atom is 0.419 e. The lowest BCUT2D eigenvalue weighted by atomic mass is 9.97. The summed E-state index contributed by atoms with van der Waals surface area (Å²) in [6.45, 7) is 0. The van der Waals surface area contributed by atoms with Crippen molar-refractivity contribution in [3.8, 4) is 0 Å². The number of carbonyl (C=O) groups is 1. The first-order valence-corrected chi connectivity index (χ1v) is 8.44. The zero-order valence-electron chi connectivity index (χ0n) is 15.2. The normalized spacial score (nSPS) is 13.0. The number of rotatable bonds is 4. The molecule has 31 heavy (non-hydrogen) atoms. The van der Waals surface area contributed by atoms with Crippen LogP contribution < -0.4 is 5.32 Å². The number of halogens is 7. The molecule has 1 N–H and O–H groups in total. The van der Waals surface area contributed by atoms with Crippen LogP contribution in [0.4, 0.5) is 30.7 Å². The van der Waals surface area contributed by atoms with Gasteiger partial charge in [-0.2, -0.15) is 26.3 Å². The number of alkyl halides is 6. The highest BCUT2D eigenvalue weighted by molar-refractivity contribution is 5.92. The zero-order chi connectivity index (χ0) is 22.8. The predicted molar refractivity (Wildman–Crippen MR) is 92.0 cm³/mol. The molecule has 12 heteroatoms. The van der Waals surface area contributed by atoms with Crippen LogP contribution in [0.5, 0.6) is 0 Å². The van der Waals surface area contributed by atoms with Crippen LogP contribution in [0, 0.1) is 5.82 Å². The number of nitrogens with one attached hydrogen (secondary N) is 1. The summed E-state index contributed by atoms with van der Waals surface area (Å²) >= 11 is 0. The molecule has 2 aromatic heterocycles. The molecule has 3 rings (SSSR count). The number of aromatic nitrogens is 3. The van der Waals surface area contributed by atoms with E-state index in [2.05, 4.69) is 20.3 Å². The number of benzene rings is 1. The van der Waals surface area contributed by atoms with E-state index in [1.165, 1.54) is 6.20 Å². The third kappa shape index (κ3) is 4.95. The lowest BCUT2D eigenvalue weighted by Crippen LogP contribution is -2.32. The minimum Gasteiger partial charge on any atom is -0.338 e. The molecule has 5 nitrogen and oxygen atoms in total. The van der Waals surface area contributed by atoms with Crippen LogP contribution in [-0.4, -0.2) is 20.9 Å². The molecular formula is C19H11F7N4O. The van der Waals surface area contributed by atoms with Gasteiger partial charge in [-0.05, 0) is 29.8 Å². The molecule has 2 heterocycles. The summed E-state index contributed by atoms with van der Waals surface area (Å²) in [5, 5.41) is 2.21. The number of hydrogen-bond acceptors (Lipinski definition) is 4. The summed E-state index contributed by atoms with van der Waals surface area (Å²) in [6, 6.07) is 1.50. The molecule has 0 saturated heterocycles. The van der Waals surface area contributed by atoms with Crippen molar-refractivity contribution >= 4 is 5.91 Å². The Hall–Kier alpha value is -3.57. The molecule has 0 radical (unpaired) electrons. The van der Waals surface area contributed by atoms with Gasteiger partial charge in [-0.25, -0.2) is 9.37 Å². The molecule has 1 aromatic carbocycles. The van der Waals surface area contributed by atoms with Crippen LogP contribution in [0.1, 0.15) is 38.9 Å². The highest BCUT2D eigenvalue weighted by Crippen LogP contribution is 2.37. The van der Waals surface area contributed by atoms with Gasteiger partial charge in [0.2, 0.25) is 0 Å². The standard InChI is InChI=1S/C19H11F7N4O/c20-13-8-10(3-4-11(13)18(21,22)23)15(30-17(31)14-9-27-6-7-28-14)16-12(19(24,25)26)2-1-5-29-16/h1-9,15H,(H,30,31). The molecule has 0 fully saturated rings. The van der Waals surface area contributed by atoms with Gasteiger partial charge in [-0.1, -0.05) is 6.07 Å². The van der Waals surface area contributed by atoms with Gasteiger partial charge in [0.1, 0.15) is 11.5 Å². The highest BCUT2D eigenvalue weighted by atomic mass is 19.4. The van der Waals surface area contributed by atoms with Crippen LogP contribution in [-0.2, 0) is 12.4 Å². The smallest absolute Gasteiger partial charge is 0.338 e. The third-order valence-corrected chi connectivity index (χ3v) is 4.12. The van der Waals surface area contributed by atoms with Crippen molar-refractivity contribution in [2.45, 2.75) is 18.4 Å². The van der Waals surface area contributed by atoms with Crippen molar-refractivity contribution in [2.75, 3.05) is 0 Å². The summed E-state index contributed by atoms with van der Waals surface area (Å²) < 4.78 is 93.2. The Morgan fingerprint density at radius 2 is 1.61 bits per heavy atom. The first-order valence-electron chi connectivity index (χ1n) is 8.44. The van der Waals surface area contributed by atoms with Crippen LogP contribution in [0.25, 0.3) is 0 Å². The second kappa shape index (κ2) is 8.28. The van der Waals surface area contributed by atoms with Gasteiger partial charge in [-0.3, -0.25) is 14.8 Å². The third-order valence-electron chi connectivity index (χ3n) is 4.12. The van der Waals surface area contributed by atoms with E-state index in [-0.39, 0.29) is 11.3 Å². The van der Waals surface area contributed by atoms with Gasteiger partial charge >= 0.3 is 12.4 Å². The number of amides is 1. The molecule has 162 valence electrons. The largest absolute Gasteiger partial charge is 0.419 e. The average Bonchev–Trinajstić information content (AvgIpc) is 2.71. The molecule has 0 spiro atoms. The first kappa shape index (κ1) is 22.1. The van der Waals surface area contributed by atoms with E-state index in [0.29, 0.717) is 18.2 Å². The SMILES string of the molecule is O=C(NC(c1ccc(C(F)(F)F)c(F)c1)c1ncccc1C(F)(F)F)c1cnccn1. The van der Waals surface area contributed by atoms with E-state index >= 15 is 0 Å². The molecule has 0 bridgehead atoms. The molecule has 1 atom stereocenters. The quantitative estimate of drug-likeness (QED) is 0.599. The van der Waals surface area contributed by atoms with Crippen molar-refractivity contribution in [3.63, 3.8) is 0 Å². The Morgan fingerprint density at radius 3 is 2.19 bits per heavy atom. The minimum absolute atomic E-state index is 0.274. The monoisotopic (exact) mass is 444 g/mol. The van der Waals surface area contributed by atoms with E-state index in [1.807, 2.05) is 0 Å². The molecule has 0 aliphatic rings. The van der Waals surface area contributed by atoms with Gasteiger partial charge < -0.3 is 5.32 Å². The Bertz CT molecular complexity index is 1080. The van der Waals surface area contributed by atoms with Gasteiger partial charge in [-0.15, -0.1) is 0 Å². The highest BCUT2D eigenvalue weighted by Gasteiger charge is 2.38. The Kier molecular flexibility index (Phi) is 5.91. The van der Waals surface area contributed by atoms with Gasteiger partial charge in [0.15, 0.2) is 0 Å². The summed E-state index contributed by atoms with van der Waals surface area (Å²) in [5.41, 5.74) is -4.24. The molecule has 1 unspecified atom stereocenters. The predicted octanol–water partition coefficient (Wildman–Crippen LogP) is 4.57. The van der Waals surface area contributed by atoms with Crippen LogP contribution >= 0.6 is 0 Å². The van der Waals surface area contributed by atoms with E-state index in [9.17, 15) is 35.5 Å². The van der Waals surface area contributed by atoms with Crippen molar-refractivity contribution in [1.29, 1.82) is 0 Å². The Morgan fingerprint density at radius 1 is 0.903 bits per heavy atom. The van der Waals surface area contributed by atoms with Crippen LogP contribution in [0.2, 0.25) is 0 Å². The summed E-state index contributed by atoms with van der Waals surface area (Å²) in [5.74, 6) is -2.70. The average molecular weight is 444 g/mol. The van der Waals surface area contributed by atoms with Crippen molar-refractivity contribution in [3.05, 3.63) is 89.0 Å². The molecular weight excluding hydrogens is 433 g/mol. The fourth-order valence-corrected chi connectivity index (χ4v) is 2.76. The first-order chi connectivity index (χ1) is 14.5. The molecule has 0 aliphatic carbocycles. The topological polar surface area (TPSA) is 67.8 Å². The number of pyridine rings is 1. The maximum absolute atomic E-state index is 14.1. The fraction of sp³-hybridized carbons (Fsp3) is 0.158. The van der Waals surface area contributed by atoms with Gasteiger partial charge in [0.05, 0.1) is 29.1 Å². The summed E-state index contributed by atoms with van der Waals surface area (Å²) in [6.07, 6.45) is -5.47.